The van der Waals surface area contributed by atoms with Crippen molar-refractivity contribution in [2.24, 2.45) is 0 Å². The lowest BCUT2D eigenvalue weighted by atomic mass is 10.0. The van der Waals surface area contributed by atoms with Crippen LogP contribution in [-0.2, 0) is 21.0 Å². The maximum Gasteiger partial charge on any atom is 0.418 e. The van der Waals surface area contributed by atoms with Crippen LogP contribution in [0.2, 0.25) is 0 Å². The molecule has 0 saturated heterocycles. The third-order valence-electron chi connectivity index (χ3n) is 4.42. The Balaban J connectivity index is 2.27. The molecule has 2 aromatic rings. The zero-order chi connectivity index (χ0) is 22.7. The van der Waals surface area contributed by atoms with Gasteiger partial charge in [0.2, 0.25) is 15.9 Å². The van der Waals surface area contributed by atoms with Gasteiger partial charge in [0.1, 0.15) is 10.6 Å². The first kappa shape index (κ1) is 23.7. The molecule has 0 fully saturated rings. The van der Waals surface area contributed by atoms with Crippen LogP contribution in [0.4, 0.5) is 18.9 Å². The first-order valence-electron chi connectivity index (χ1n) is 8.98. The predicted octanol–water partition coefficient (Wildman–Crippen LogP) is 4.10. The molecule has 0 aliphatic heterocycles. The minimum Gasteiger partial charge on any atom is -0.495 e. The average molecular weight is 444 g/mol. The number of methoxy groups -OCH3 is 1. The van der Waals surface area contributed by atoms with Crippen LogP contribution >= 0.6 is 0 Å². The second-order valence-electron chi connectivity index (χ2n) is 6.92. The number of ether oxygens (including phenoxy) is 1. The Labute approximate surface area is 173 Å². The van der Waals surface area contributed by atoms with Gasteiger partial charge in [0.15, 0.2) is 0 Å². The fourth-order valence-corrected chi connectivity index (χ4v) is 4.05. The van der Waals surface area contributed by atoms with Crippen molar-refractivity contribution in [2.75, 3.05) is 26.0 Å². The number of carbonyl (C=O) groups excluding carboxylic acids is 1. The van der Waals surface area contributed by atoms with Crippen molar-refractivity contribution < 1.29 is 31.1 Å². The lowest BCUT2D eigenvalue weighted by Crippen LogP contribution is -2.35. The molecule has 0 aliphatic carbocycles. The molecule has 0 unspecified atom stereocenters. The first-order valence-corrected chi connectivity index (χ1v) is 10.4. The fourth-order valence-electron chi connectivity index (χ4n) is 2.74. The summed E-state index contributed by atoms with van der Waals surface area (Å²) in [5.41, 5.74) is -0.707. The van der Waals surface area contributed by atoms with Crippen molar-refractivity contribution in [1.29, 1.82) is 0 Å². The van der Waals surface area contributed by atoms with E-state index in [9.17, 15) is 26.4 Å². The van der Waals surface area contributed by atoms with Crippen molar-refractivity contribution in [3.8, 4) is 5.75 Å². The van der Waals surface area contributed by atoms with Gasteiger partial charge in [0, 0.05) is 7.05 Å². The number of anilines is 1. The number of halogens is 3. The maximum atomic E-state index is 13.1. The van der Waals surface area contributed by atoms with Crippen LogP contribution in [0.1, 0.15) is 30.9 Å². The summed E-state index contributed by atoms with van der Waals surface area (Å²) >= 11 is 0. The van der Waals surface area contributed by atoms with E-state index in [0.29, 0.717) is 0 Å². The quantitative estimate of drug-likeness (QED) is 0.698. The van der Waals surface area contributed by atoms with Crippen LogP contribution in [-0.4, -0.2) is 39.3 Å². The fraction of sp³-hybridized carbons (Fsp3) is 0.350. The Bertz CT molecular complexity index is 1020. The summed E-state index contributed by atoms with van der Waals surface area (Å²) < 4.78 is 71.1. The lowest BCUT2D eigenvalue weighted by Gasteiger charge is -2.20. The Kier molecular flexibility index (Phi) is 7.14. The number of benzene rings is 2. The molecule has 0 radical (unpaired) electrons. The average Bonchev–Trinajstić information content (AvgIpc) is 2.66. The molecule has 0 spiro atoms. The van der Waals surface area contributed by atoms with E-state index in [1.165, 1.54) is 38.4 Å². The van der Waals surface area contributed by atoms with Crippen molar-refractivity contribution in [3.05, 3.63) is 53.6 Å². The second-order valence-corrected chi connectivity index (χ2v) is 8.93. The molecule has 2 aromatic carbocycles. The maximum absolute atomic E-state index is 13.1. The highest BCUT2D eigenvalue weighted by Gasteiger charge is 2.34. The number of alkyl halides is 3. The van der Waals surface area contributed by atoms with Gasteiger partial charge in [-0.25, -0.2) is 8.42 Å². The number of rotatable bonds is 7. The van der Waals surface area contributed by atoms with E-state index in [2.05, 4.69) is 5.32 Å². The van der Waals surface area contributed by atoms with Crippen LogP contribution in [0.15, 0.2) is 47.4 Å². The van der Waals surface area contributed by atoms with E-state index in [-0.39, 0.29) is 16.6 Å². The van der Waals surface area contributed by atoms with E-state index in [1.807, 2.05) is 13.8 Å². The van der Waals surface area contributed by atoms with E-state index in [1.54, 1.807) is 6.07 Å². The molecule has 6 nitrogen and oxygen atoms in total. The Hall–Kier alpha value is -2.59. The third-order valence-corrected chi connectivity index (χ3v) is 6.24. The van der Waals surface area contributed by atoms with E-state index in [0.717, 1.165) is 22.0 Å². The molecule has 0 saturated carbocycles. The third kappa shape index (κ3) is 5.31. The largest absolute Gasteiger partial charge is 0.495 e. The van der Waals surface area contributed by atoms with Crippen molar-refractivity contribution in [1.82, 2.24) is 4.31 Å². The number of amides is 1. The van der Waals surface area contributed by atoms with Gasteiger partial charge in [0.05, 0.1) is 24.9 Å². The SMILES string of the molecule is COc1ccc(C(C)C)cc1S(=O)(=O)N(C)CC(=O)Nc1ccccc1C(F)(F)F. The smallest absolute Gasteiger partial charge is 0.418 e. The summed E-state index contributed by atoms with van der Waals surface area (Å²) in [5.74, 6) is -0.747. The molecule has 1 N–H and O–H groups in total. The van der Waals surface area contributed by atoms with E-state index >= 15 is 0 Å². The summed E-state index contributed by atoms with van der Waals surface area (Å²) in [5, 5.41) is 2.13. The van der Waals surface area contributed by atoms with Gasteiger partial charge in [-0.05, 0) is 35.7 Å². The zero-order valence-electron chi connectivity index (χ0n) is 16.9. The van der Waals surface area contributed by atoms with Gasteiger partial charge in [0.25, 0.3) is 0 Å². The second kappa shape index (κ2) is 9.05. The van der Waals surface area contributed by atoms with Gasteiger partial charge >= 0.3 is 6.18 Å². The molecule has 0 bridgehead atoms. The molecule has 164 valence electrons. The minimum absolute atomic E-state index is 0.0531. The molecule has 2 rings (SSSR count). The summed E-state index contributed by atoms with van der Waals surface area (Å²) in [6.45, 7) is 3.12. The number of sulfonamides is 1. The standard InChI is InChI=1S/C20H23F3N2O4S/c1-13(2)14-9-10-17(29-4)18(11-14)30(27,28)25(3)12-19(26)24-16-8-6-5-7-15(16)20(21,22)23/h5-11,13H,12H2,1-4H3,(H,24,26). The Morgan fingerprint density at radius 2 is 1.80 bits per heavy atom. The Morgan fingerprint density at radius 1 is 1.17 bits per heavy atom. The molecule has 30 heavy (non-hydrogen) atoms. The summed E-state index contributed by atoms with van der Waals surface area (Å²) in [6, 6.07) is 9.20. The number of nitrogens with one attached hydrogen (secondary N) is 1. The lowest BCUT2D eigenvalue weighted by molar-refractivity contribution is -0.137. The number of para-hydroxylation sites is 1. The number of hydrogen-bond acceptors (Lipinski definition) is 4. The topological polar surface area (TPSA) is 75.7 Å². The molecule has 1 amide bonds. The number of nitrogens with zero attached hydrogens (tertiary/aromatic N) is 1. The predicted molar refractivity (Wildman–Crippen MR) is 107 cm³/mol. The molecular formula is C20H23F3N2O4S. The molecular weight excluding hydrogens is 421 g/mol. The van der Waals surface area contributed by atoms with Crippen LogP contribution in [0.25, 0.3) is 0 Å². The van der Waals surface area contributed by atoms with Gasteiger partial charge in [-0.3, -0.25) is 4.79 Å². The van der Waals surface area contributed by atoms with Crippen LogP contribution in [0, 0.1) is 0 Å². The summed E-state index contributed by atoms with van der Waals surface area (Å²) in [4.78, 5) is 12.2. The van der Waals surface area contributed by atoms with Crippen molar-refractivity contribution in [3.63, 3.8) is 0 Å². The van der Waals surface area contributed by atoms with Gasteiger partial charge in [-0.2, -0.15) is 17.5 Å². The first-order chi connectivity index (χ1) is 13.9. The number of likely N-dealkylation sites (N-methyl/N-ethyl adjacent to an activating group) is 1. The molecule has 0 atom stereocenters. The van der Waals surface area contributed by atoms with Crippen LogP contribution in [0.3, 0.4) is 0 Å². The van der Waals surface area contributed by atoms with Crippen LogP contribution < -0.4 is 10.1 Å². The number of hydrogen-bond donors (Lipinski definition) is 1. The monoisotopic (exact) mass is 444 g/mol. The van der Waals surface area contributed by atoms with Crippen LogP contribution in [0.5, 0.6) is 5.75 Å². The van der Waals surface area contributed by atoms with Crippen molar-refractivity contribution in [2.45, 2.75) is 30.8 Å². The highest BCUT2D eigenvalue weighted by atomic mass is 32.2. The highest BCUT2D eigenvalue weighted by molar-refractivity contribution is 7.89. The Morgan fingerprint density at radius 3 is 2.37 bits per heavy atom. The van der Waals surface area contributed by atoms with E-state index < -0.39 is 39.9 Å². The van der Waals surface area contributed by atoms with E-state index in [4.69, 9.17) is 4.74 Å². The minimum atomic E-state index is -4.66. The van der Waals surface area contributed by atoms with Gasteiger partial charge < -0.3 is 10.1 Å². The molecule has 0 aliphatic rings. The molecule has 0 heterocycles. The number of carbonyl (C=O) groups is 1. The van der Waals surface area contributed by atoms with Gasteiger partial charge in [-0.15, -0.1) is 0 Å². The van der Waals surface area contributed by atoms with Crippen molar-refractivity contribution >= 4 is 21.6 Å². The summed E-state index contributed by atoms with van der Waals surface area (Å²) in [6.07, 6.45) is -4.66. The van der Waals surface area contributed by atoms with Gasteiger partial charge in [-0.1, -0.05) is 32.0 Å². The molecule has 10 heteroatoms. The summed E-state index contributed by atoms with van der Waals surface area (Å²) in [7, 11) is -1.64. The zero-order valence-corrected chi connectivity index (χ0v) is 17.8. The highest BCUT2D eigenvalue weighted by Crippen LogP contribution is 2.34. The molecule has 0 aromatic heterocycles. The normalized spacial score (nSPS) is 12.3.